The zero-order valence-corrected chi connectivity index (χ0v) is 17.3. The fourth-order valence-electron chi connectivity index (χ4n) is 4.66. The van der Waals surface area contributed by atoms with Crippen LogP contribution in [0, 0.1) is 6.92 Å². The molecule has 0 radical (unpaired) electrons. The summed E-state index contributed by atoms with van der Waals surface area (Å²) in [7, 11) is 0. The van der Waals surface area contributed by atoms with Gasteiger partial charge in [-0.1, -0.05) is 18.9 Å². The highest BCUT2D eigenvalue weighted by Gasteiger charge is 2.28. The van der Waals surface area contributed by atoms with Gasteiger partial charge in [-0.2, -0.15) is 0 Å². The summed E-state index contributed by atoms with van der Waals surface area (Å²) in [4.78, 5) is 7.02. The molecule has 0 N–H and O–H groups in total. The molecule has 2 aromatic rings. The van der Waals surface area contributed by atoms with Gasteiger partial charge in [-0.3, -0.25) is 4.98 Å². The molecule has 1 saturated carbocycles. The Balaban J connectivity index is 1.45. The van der Waals surface area contributed by atoms with Gasteiger partial charge >= 0.3 is 0 Å². The first-order chi connectivity index (χ1) is 14.2. The maximum absolute atomic E-state index is 12.8. The summed E-state index contributed by atoms with van der Waals surface area (Å²) >= 11 is 0. The number of aryl methyl sites for hydroxylation is 1. The molecule has 1 aromatic carbocycles. The Labute approximate surface area is 173 Å². The Kier molecular flexibility index (Phi) is 6.65. The number of pyridine rings is 1. The molecule has 4 rings (SSSR count). The highest BCUT2D eigenvalue weighted by molar-refractivity contribution is 5.73. The molecule has 1 aliphatic carbocycles. The van der Waals surface area contributed by atoms with Crippen molar-refractivity contribution in [3.8, 4) is 22.6 Å². The van der Waals surface area contributed by atoms with Crippen molar-refractivity contribution in [2.75, 3.05) is 26.4 Å². The smallest absolute Gasteiger partial charge is 0.131 e. The van der Waals surface area contributed by atoms with Gasteiger partial charge in [-0.25, -0.2) is 4.39 Å². The summed E-state index contributed by atoms with van der Waals surface area (Å²) in [5.41, 5.74) is 2.84. The first kappa shape index (κ1) is 20.1. The number of hydrogen-bond donors (Lipinski definition) is 0. The lowest BCUT2D eigenvalue weighted by atomic mass is 10.0. The van der Waals surface area contributed by atoms with Crippen molar-refractivity contribution in [1.29, 1.82) is 0 Å². The molecule has 29 heavy (non-hydrogen) atoms. The van der Waals surface area contributed by atoms with Crippen molar-refractivity contribution in [3.63, 3.8) is 0 Å². The molecule has 0 spiro atoms. The molecule has 1 aromatic heterocycles. The zero-order valence-electron chi connectivity index (χ0n) is 17.3. The molecule has 0 atom stereocenters. The second kappa shape index (κ2) is 9.57. The fraction of sp³-hybridized carbons (Fsp3) is 0.542. The van der Waals surface area contributed by atoms with Gasteiger partial charge in [0.2, 0.25) is 0 Å². The van der Waals surface area contributed by atoms with Crippen LogP contribution >= 0.6 is 0 Å². The summed E-state index contributed by atoms with van der Waals surface area (Å²) in [5, 5.41) is 0. The Bertz CT molecular complexity index is 799. The average molecular weight is 399 g/mol. The van der Waals surface area contributed by atoms with Gasteiger partial charge in [0.05, 0.1) is 0 Å². The van der Waals surface area contributed by atoms with E-state index in [0.29, 0.717) is 5.75 Å². The van der Waals surface area contributed by atoms with Gasteiger partial charge in [-0.15, -0.1) is 0 Å². The lowest BCUT2D eigenvalue weighted by Gasteiger charge is -2.36. The standard InChI is InChI=1S/C24H31FN2O2/c1-18-22(7-4-13-26-18)23-9-8-21(17-24(23)28-16-12-25)29-20-10-14-27(15-11-20)19-5-2-3-6-19/h4,7-9,13,17,19-20H,2-3,5-6,10-12,14-16H2,1H3. The maximum atomic E-state index is 12.8. The van der Waals surface area contributed by atoms with E-state index >= 15 is 0 Å². The molecule has 0 unspecified atom stereocenters. The molecule has 156 valence electrons. The number of piperidine rings is 1. The second-order valence-electron chi connectivity index (χ2n) is 8.12. The molecule has 0 amide bonds. The van der Waals surface area contributed by atoms with Crippen molar-refractivity contribution >= 4 is 0 Å². The Hall–Kier alpha value is -2.14. The quantitative estimate of drug-likeness (QED) is 0.643. The van der Waals surface area contributed by atoms with Gasteiger partial charge in [-0.05, 0) is 50.8 Å². The van der Waals surface area contributed by atoms with Crippen LogP contribution in [0.5, 0.6) is 11.5 Å². The number of halogens is 1. The zero-order chi connectivity index (χ0) is 20.1. The topological polar surface area (TPSA) is 34.6 Å². The molecular weight excluding hydrogens is 367 g/mol. The van der Waals surface area contributed by atoms with Crippen LogP contribution in [0.2, 0.25) is 0 Å². The lowest BCUT2D eigenvalue weighted by molar-refractivity contribution is 0.0766. The number of aromatic nitrogens is 1. The summed E-state index contributed by atoms with van der Waals surface area (Å²) in [6, 6.07) is 10.6. The van der Waals surface area contributed by atoms with E-state index in [9.17, 15) is 4.39 Å². The molecule has 4 nitrogen and oxygen atoms in total. The molecule has 2 heterocycles. The largest absolute Gasteiger partial charge is 0.490 e. The van der Waals surface area contributed by atoms with Crippen LogP contribution in [-0.2, 0) is 0 Å². The molecule has 1 aliphatic heterocycles. The fourth-order valence-corrected chi connectivity index (χ4v) is 4.66. The van der Waals surface area contributed by atoms with Crippen LogP contribution < -0.4 is 9.47 Å². The molecular formula is C24H31FN2O2. The molecule has 0 bridgehead atoms. The van der Waals surface area contributed by atoms with Crippen LogP contribution in [0.4, 0.5) is 4.39 Å². The third kappa shape index (κ3) is 4.89. The SMILES string of the molecule is Cc1ncccc1-c1ccc(OC2CCN(C3CCCC3)CC2)cc1OCCF. The predicted molar refractivity (Wildman–Crippen MR) is 113 cm³/mol. The van der Waals surface area contributed by atoms with E-state index in [-0.39, 0.29) is 12.7 Å². The number of rotatable bonds is 7. The maximum Gasteiger partial charge on any atom is 0.131 e. The van der Waals surface area contributed by atoms with Crippen LogP contribution in [0.1, 0.15) is 44.2 Å². The third-order valence-electron chi connectivity index (χ3n) is 6.21. The van der Waals surface area contributed by atoms with Crippen LogP contribution in [0.3, 0.4) is 0 Å². The van der Waals surface area contributed by atoms with Crippen molar-refractivity contribution < 1.29 is 13.9 Å². The van der Waals surface area contributed by atoms with Crippen LogP contribution in [-0.4, -0.2) is 48.4 Å². The first-order valence-electron chi connectivity index (χ1n) is 10.9. The van der Waals surface area contributed by atoms with Gasteiger partial charge in [0.1, 0.15) is 30.9 Å². The van der Waals surface area contributed by atoms with Crippen molar-refractivity contribution in [3.05, 3.63) is 42.2 Å². The summed E-state index contributed by atoms with van der Waals surface area (Å²) in [6.07, 6.45) is 9.59. The summed E-state index contributed by atoms with van der Waals surface area (Å²) < 4.78 is 24.8. The number of nitrogens with zero attached hydrogens (tertiary/aromatic N) is 2. The van der Waals surface area contributed by atoms with E-state index in [4.69, 9.17) is 9.47 Å². The second-order valence-corrected chi connectivity index (χ2v) is 8.12. The Morgan fingerprint density at radius 3 is 2.59 bits per heavy atom. The number of likely N-dealkylation sites (tertiary alicyclic amines) is 1. The van der Waals surface area contributed by atoms with Gasteiger partial charge < -0.3 is 14.4 Å². The third-order valence-corrected chi connectivity index (χ3v) is 6.21. The minimum absolute atomic E-state index is 0.0372. The first-order valence-corrected chi connectivity index (χ1v) is 10.9. The number of ether oxygens (including phenoxy) is 2. The molecule has 2 aliphatic rings. The van der Waals surface area contributed by atoms with Crippen molar-refractivity contribution in [2.24, 2.45) is 0 Å². The van der Waals surface area contributed by atoms with Crippen molar-refractivity contribution in [2.45, 2.75) is 57.6 Å². The number of benzene rings is 1. The molecule has 1 saturated heterocycles. The number of hydrogen-bond acceptors (Lipinski definition) is 4. The van der Waals surface area contributed by atoms with E-state index < -0.39 is 6.67 Å². The molecule has 5 heteroatoms. The minimum Gasteiger partial charge on any atom is -0.490 e. The normalized spacial score (nSPS) is 18.8. The van der Waals surface area contributed by atoms with Gasteiger partial charge in [0.25, 0.3) is 0 Å². The molecule has 2 fully saturated rings. The average Bonchev–Trinajstić information content (AvgIpc) is 3.28. The van der Waals surface area contributed by atoms with Crippen LogP contribution in [0.25, 0.3) is 11.1 Å². The summed E-state index contributed by atoms with van der Waals surface area (Å²) in [5.74, 6) is 1.45. The highest BCUT2D eigenvalue weighted by Crippen LogP contribution is 2.36. The lowest BCUT2D eigenvalue weighted by Crippen LogP contribution is -2.43. The van der Waals surface area contributed by atoms with Gasteiger partial charge in [0, 0.05) is 48.2 Å². The minimum atomic E-state index is -0.518. The predicted octanol–water partition coefficient (Wildman–Crippen LogP) is 5.19. The van der Waals surface area contributed by atoms with Crippen molar-refractivity contribution in [1.82, 2.24) is 9.88 Å². The highest BCUT2D eigenvalue weighted by atomic mass is 19.1. The van der Waals surface area contributed by atoms with E-state index in [1.807, 2.05) is 37.3 Å². The summed E-state index contributed by atoms with van der Waals surface area (Å²) in [6.45, 7) is 3.73. The van der Waals surface area contributed by atoms with Gasteiger partial charge in [0.15, 0.2) is 0 Å². The number of alkyl halides is 1. The monoisotopic (exact) mass is 398 g/mol. The van der Waals surface area contributed by atoms with E-state index in [1.54, 1.807) is 6.20 Å². The Morgan fingerprint density at radius 2 is 1.86 bits per heavy atom. The Morgan fingerprint density at radius 1 is 1.07 bits per heavy atom. The van der Waals surface area contributed by atoms with E-state index in [0.717, 1.165) is 54.5 Å². The van der Waals surface area contributed by atoms with Crippen LogP contribution in [0.15, 0.2) is 36.5 Å². The van der Waals surface area contributed by atoms with E-state index in [2.05, 4.69) is 9.88 Å². The van der Waals surface area contributed by atoms with E-state index in [1.165, 1.54) is 25.7 Å².